The normalized spacial score (nSPS) is 32.5. The first-order valence-electron chi connectivity index (χ1n) is 6.22. The van der Waals surface area contributed by atoms with Gasteiger partial charge in [0.25, 0.3) is 5.91 Å². The quantitative estimate of drug-likeness (QED) is 0.767. The summed E-state index contributed by atoms with van der Waals surface area (Å²) in [5, 5.41) is 1.96. The van der Waals surface area contributed by atoms with Crippen molar-refractivity contribution in [1.82, 2.24) is 4.90 Å². The van der Waals surface area contributed by atoms with Crippen LogP contribution in [-0.2, 0) is 4.74 Å². The number of rotatable bonds is 1. The minimum Gasteiger partial charge on any atom is -0.375 e. The van der Waals surface area contributed by atoms with Gasteiger partial charge in [-0.15, -0.1) is 11.3 Å². The topological polar surface area (TPSA) is 29.5 Å². The number of thiophene rings is 1. The van der Waals surface area contributed by atoms with Crippen molar-refractivity contribution in [3.63, 3.8) is 0 Å². The van der Waals surface area contributed by atoms with Gasteiger partial charge in [0.15, 0.2) is 0 Å². The highest BCUT2D eigenvalue weighted by atomic mass is 32.1. The van der Waals surface area contributed by atoms with Crippen molar-refractivity contribution in [2.75, 3.05) is 13.1 Å². The number of carbonyl (C=O) groups excluding carboxylic acids is 1. The molecule has 3 heterocycles. The zero-order valence-electron chi connectivity index (χ0n) is 9.96. The van der Waals surface area contributed by atoms with Crippen molar-refractivity contribution < 1.29 is 9.53 Å². The zero-order valence-corrected chi connectivity index (χ0v) is 10.8. The van der Waals surface area contributed by atoms with Crippen molar-refractivity contribution in [2.45, 2.75) is 32.0 Å². The van der Waals surface area contributed by atoms with Gasteiger partial charge in [0.05, 0.1) is 17.1 Å². The maximum absolute atomic E-state index is 12.2. The second-order valence-corrected chi connectivity index (χ2v) is 5.95. The minimum atomic E-state index is 0.193. The molecule has 0 aliphatic carbocycles. The van der Waals surface area contributed by atoms with Gasteiger partial charge in [-0.25, -0.2) is 0 Å². The van der Waals surface area contributed by atoms with Gasteiger partial charge in [0.1, 0.15) is 0 Å². The lowest BCUT2D eigenvalue weighted by atomic mass is 9.93. The molecule has 0 N–H and O–H groups in total. The number of amides is 1. The third-order valence-electron chi connectivity index (χ3n) is 3.73. The Morgan fingerprint density at radius 1 is 1.59 bits per heavy atom. The molecule has 17 heavy (non-hydrogen) atoms. The summed E-state index contributed by atoms with van der Waals surface area (Å²) in [6.07, 6.45) is 2.84. The molecule has 4 heteroatoms. The van der Waals surface area contributed by atoms with E-state index in [0.717, 1.165) is 30.8 Å². The summed E-state index contributed by atoms with van der Waals surface area (Å²) >= 11 is 1.53. The molecule has 0 unspecified atom stereocenters. The van der Waals surface area contributed by atoms with Crippen LogP contribution in [0.25, 0.3) is 0 Å². The number of fused-ring (bicyclic) bond motifs is 1. The molecule has 2 fully saturated rings. The van der Waals surface area contributed by atoms with Crippen molar-refractivity contribution in [2.24, 2.45) is 5.92 Å². The summed E-state index contributed by atoms with van der Waals surface area (Å²) < 4.78 is 5.85. The van der Waals surface area contributed by atoms with E-state index in [4.69, 9.17) is 4.74 Å². The van der Waals surface area contributed by atoms with Gasteiger partial charge in [-0.1, -0.05) is 6.07 Å². The Hall–Kier alpha value is -0.870. The summed E-state index contributed by atoms with van der Waals surface area (Å²) in [5.74, 6) is 0.737. The number of likely N-dealkylation sites (tertiary alicyclic amines) is 1. The maximum Gasteiger partial charge on any atom is 0.263 e. The van der Waals surface area contributed by atoms with Crippen LogP contribution in [0.1, 0.15) is 29.4 Å². The van der Waals surface area contributed by atoms with Crippen molar-refractivity contribution in [3.8, 4) is 0 Å². The van der Waals surface area contributed by atoms with Crippen LogP contribution in [0.3, 0.4) is 0 Å². The highest BCUT2D eigenvalue weighted by Crippen LogP contribution is 2.33. The number of carbonyl (C=O) groups is 1. The lowest BCUT2D eigenvalue weighted by molar-refractivity contribution is 0.00878. The third-order valence-corrected chi connectivity index (χ3v) is 4.58. The molecule has 2 saturated heterocycles. The second-order valence-electron chi connectivity index (χ2n) is 5.00. The van der Waals surface area contributed by atoms with Gasteiger partial charge in [-0.05, 0) is 31.2 Å². The summed E-state index contributed by atoms with van der Waals surface area (Å²) in [6, 6.07) is 3.85. The van der Waals surface area contributed by atoms with Crippen LogP contribution in [0.5, 0.6) is 0 Å². The van der Waals surface area contributed by atoms with Crippen LogP contribution >= 0.6 is 11.3 Å². The van der Waals surface area contributed by atoms with E-state index >= 15 is 0 Å². The molecular weight excluding hydrogens is 234 g/mol. The molecule has 92 valence electrons. The van der Waals surface area contributed by atoms with Crippen LogP contribution in [0.4, 0.5) is 0 Å². The molecule has 0 spiro atoms. The number of hydrogen-bond acceptors (Lipinski definition) is 3. The van der Waals surface area contributed by atoms with E-state index in [1.165, 1.54) is 11.3 Å². The van der Waals surface area contributed by atoms with Gasteiger partial charge in [-0.2, -0.15) is 0 Å². The summed E-state index contributed by atoms with van der Waals surface area (Å²) in [4.78, 5) is 15.1. The average molecular weight is 251 g/mol. The lowest BCUT2D eigenvalue weighted by Crippen LogP contribution is -2.44. The fraction of sp³-hybridized carbons (Fsp3) is 0.615. The van der Waals surface area contributed by atoms with E-state index in [9.17, 15) is 4.79 Å². The summed E-state index contributed by atoms with van der Waals surface area (Å²) in [5.41, 5.74) is 0. The fourth-order valence-electron chi connectivity index (χ4n) is 2.94. The van der Waals surface area contributed by atoms with E-state index in [-0.39, 0.29) is 5.91 Å². The maximum atomic E-state index is 12.2. The summed E-state index contributed by atoms with van der Waals surface area (Å²) in [7, 11) is 0. The molecule has 1 amide bonds. The largest absolute Gasteiger partial charge is 0.375 e. The van der Waals surface area contributed by atoms with Gasteiger partial charge in [-0.3, -0.25) is 4.79 Å². The Balaban J connectivity index is 1.69. The van der Waals surface area contributed by atoms with Crippen LogP contribution < -0.4 is 0 Å². The summed E-state index contributed by atoms with van der Waals surface area (Å²) in [6.45, 7) is 3.83. The highest BCUT2D eigenvalue weighted by molar-refractivity contribution is 7.12. The van der Waals surface area contributed by atoms with Crippen LogP contribution in [0.15, 0.2) is 17.5 Å². The number of piperidine rings is 1. The van der Waals surface area contributed by atoms with Gasteiger partial charge in [0.2, 0.25) is 0 Å². The second kappa shape index (κ2) is 4.42. The van der Waals surface area contributed by atoms with Gasteiger partial charge < -0.3 is 9.64 Å². The van der Waals surface area contributed by atoms with Crippen LogP contribution in [0, 0.1) is 5.92 Å². The Morgan fingerprint density at radius 3 is 3.24 bits per heavy atom. The Labute approximate surface area is 105 Å². The van der Waals surface area contributed by atoms with E-state index in [0.29, 0.717) is 18.1 Å². The molecule has 2 aliphatic rings. The number of ether oxygens (including phenoxy) is 1. The lowest BCUT2D eigenvalue weighted by Gasteiger charge is -2.33. The standard InChI is InChI=1S/C13H17NO2S/c1-9-7-10-8-14(5-4-11(10)16-9)13(15)12-3-2-6-17-12/h2-3,6,9-11H,4-5,7-8H2,1H3/t9-,10-,11+/m1/s1. The Morgan fingerprint density at radius 2 is 2.47 bits per heavy atom. The highest BCUT2D eigenvalue weighted by Gasteiger charge is 2.38. The van der Waals surface area contributed by atoms with E-state index in [1.807, 2.05) is 22.4 Å². The fourth-order valence-corrected chi connectivity index (χ4v) is 3.63. The number of nitrogens with zero attached hydrogens (tertiary/aromatic N) is 1. The average Bonchev–Trinajstić information content (AvgIpc) is 2.94. The predicted molar refractivity (Wildman–Crippen MR) is 67.3 cm³/mol. The smallest absolute Gasteiger partial charge is 0.263 e. The molecule has 0 aromatic carbocycles. The minimum absolute atomic E-state index is 0.193. The molecule has 1 aromatic heterocycles. The SMILES string of the molecule is C[C@@H]1C[C@@H]2CN(C(=O)c3cccs3)CC[C@@H]2O1. The van der Waals surface area contributed by atoms with Gasteiger partial charge in [0, 0.05) is 19.0 Å². The Kier molecular flexibility index (Phi) is 2.92. The first-order valence-corrected chi connectivity index (χ1v) is 7.10. The molecule has 0 radical (unpaired) electrons. The zero-order chi connectivity index (χ0) is 11.8. The molecule has 3 nitrogen and oxygen atoms in total. The third kappa shape index (κ3) is 2.11. The Bertz CT molecular complexity index is 404. The van der Waals surface area contributed by atoms with E-state index < -0.39 is 0 Å². The van der Waals surface area contributed by atoms with Crippen molar-refractivity contribution in [3.05, 3.63) is 22.4 Å². The molecule has 3 atom stereocenters. The van der Waals surface area contributed by atoms with Gasteiger partial charge >= 0.3 is 0 Å². The monoisotopic (exact) mass is 251 g/mol. The van der Waals surface area contributed by atoms with E-state index in [2.05, 4.69) is 6.92 Å². The molecule has 3 rings (SSSR count). The molecule has 0 bridgehead atoms. The first kappa shape index (κ1) is 11.2. The number of hydrogen-bond donors (Lipinski definition) is 0. The predicted octanol–water partition coefficient (Wildman–Crippen LogP) is 2.39. The van der Waals surface area contributed by atoms with Crippen LogP contribution in [-0.4, -0.2) is 36.1 Å². The molecule has 1 aromatic rings. The van der Waals surface area contributed by atoms with E-state index in [1.54, 1.807) is 0 Å². The van der Waals surface area contributed by atoms with Crippen LogP contribution in [0.2, 0.25) is 0 Å². The van der Waals surface area contributed by atoms with Crippen molar-refractivity contribution >= 4 is 17.2 Å². The molecule has 0 saturated carbocycles. The van der Waals surface area contributed by atoms with Crippen molar-refractivity contribution in [1.29, 1.82) is 0 Å². The molecular formula is C13H17NO2S. The molecule has 2 aliphatic heterocycles. The first-order chi connectivity index (χ1) is 8.24.